The van der Waals surface area contributed by atoms with Crippen molar-refractivity contribution in [2.75, 3.05) is 18.0 Å². The highest BCUT2D eigenvalue weighted by molar-refractivity contribution is 6.29. The lowest BCUT2D eigenvalue weighted by Crippen LogP contribution is -2.48. The molecular formula is C9H10ClN3O2. The number of hydrogen-bond donors (Lipinski definition) is 1. The molecule has 0 atom stereocenters. The summed E-state index contributed by atoms with van der Waals surface area (Å²) in [5.41, 5.74) is 0. The van der Waals surface area contributed by atoms with Crippen LogP contribution in [0.1, 0.15) is 6.42 Å². The lowest BCUT2D eigenvalue weighted by molar-refractivity contribution is -0.138. The second-order valence-corrected chi connectivity index (χ2v) is 3.97. The van der Waals surface area contributed by atoms with E-state index >= 15 is 0 Å². The van der Waals surface area contributed by atoms with Crippen LogP contribution >= 0.6 is 11.6 Å². The first-order chi connectivity index (χ1) is 7.15. The van der Waals surface area contributed by atoms with Crippen molar-refractivity contribution in [3.8, 4) is 0 Å². The molecule has 0 unspecified atom stereocenters. The fourth-order valence-electron chi connectivity index (χ4n) is 1.61. The summed E-state index contributed by atoms with van der Waals surface area (Å²) in [5.74, 6) is 0.225. The Morgan fingerprint density at radius 1 is 1.53 bits per heavy atom. The highest BCUT2D eigenvalue weighted by atomic mass is 35.5. The summed E-state index contributed by atoms with van der Waals surface area (Å²) in [6, 6.07) is 3.46. The molecule has 1 saturated heterocycles. The number of nitrogens with zero attached hydrogens (tertiary/aromatic N) is 3. The van der Waals surface area contributed by atoms with Crippen LogP contribution in [-0.2, 0) is 4.79 Å². The molecule has 2 heterocycles. The topological polar surface area (TPSA) is 66.3 Å². The smallest absolute Gasteiger partial charge is 0.303 e. The molecule has 1 fully saturated rings. The number of hydrogen-bond acceptors (Lipinski definition) is 4. The van der Waals surface area contributed by atoms with Crippen LogP contribution in [0.25, 0.3) is 0 Å². The third-order valence-electron chi connectivity index (χ3n) is 2.36. The van der Waals surface area contributed by atoms with Gasteiger partial charge in [-0.05, 0) is 12.1 Å². The van der Waals surface area contributed by atoms with E-state index < -0.39 is 5.97 Å². The van der Waals surface area contributed by atoms with Crippen molar-refractivity contribution in [1.82, 2.24) is 10.2 Å². The van der Waals surface area contributed by atoms with E-state index in [2.05, 4.69) is 10.2 Å². The first kappa shape index (κ1) is 10.2. The molecule has 5 nitrogen and oxygen atoms in total. The molecule has 0 amide bonds. The summed E-state index contributed by atoms with van der Waals surface area (Å²) in [7, 11) is 0. The maximum atomic E-state index is 10.4. The van der Waals surface area contributed by atoms with E-state index in [4.69, 9.17) is 16.7 Å². The van der Waals surface area contributed by atoms with E-state index in [0.717, 1.165) is 18.9 Å². The van der Waals surface area contributed by atoms with Crippen molar-refractivity contribution in [3.63, 3.8) is 0 Å². The number of aliphatic carboxylic acids is 1. The van der Waals surface area contributed by atoms with Crippen molar-refractivity contribution in [2.45, 2.75) is 6.42 Å². The molecule has 2 rings (SSSR count). The molecule has 0 bridgehead atoms. The average Bonchev–Trinajstić information content (AvgIpc) is 2.12. The molecule has 1 aromatic heterocycles. The number of carbonyl (C=O) groups is 1. The number of halogens is 1. The first-order valence-electron chi connectivity index (χ1n) is 4.61. The van der Waals surface area contributed by atoms with Gasteiger partial charge in [-0.3, -0.25) is 4.79 Å². The minimum Gasteiger partial charge on any atom is -0.481 e. The monoisotopic (exact) mass is 227 g/mol. The van der Waals surface area contributed by atoms with Crippen LogP contribution < -0.4 is 4.90 Å². The number of carboxylic acid groups (broad SMARTS) is 1. The number of carboxylic acids is 1. The van der Waals surface area contributed by atoms with Crippen LogP contribution in [0.4, 0.5) is 5.82 Å². The second kappa shape index (κ2) is 4.02. The van der Waals surface area contributed by atoms with E-state index in [1.165, 1.54) is 0 Å². The first-order valence-corrected chi connectivity index (χ1v) is 4.99. The summed E-state index contributed by atoms with van der Waals surface area (Å²) in [6.07, 6.45) is 0.220. The molecule has 0 saturated carbocycles. The number of aromatic nitrogens is 2. The van der Waals surface area contributed by atoms with Gasteiger partial charge in [0.25, 0.3) is 0 Å². The minimum absolute atomic E-state index is 0.220. The van der Waals surface area contributed by atoms with Crippen molar-refractivity contribution in [3.05, 3.63) is 17.3 Å². The maximum Gasteiger partial charge on any atom is 0.303 e. The Labute approximate surface area is 91.7 Å². The number of anilines is 1. The van der Waals surface area contributed by atoms with E-state index in [1.807, 2.05) is 4.90 Å². The zero-order chi connectivity index (χ0) is 10.8. The fraction of sp³-hybridized carbons (Fsp3) is 0.444. The summed E-state index contributed by atoms with van der Waals surface area (Å²) >= 11 is 5.61. The predicted molar refractivity (Wildman–Crippen MR) is 55.0 cm³/mol. The van der Waals surface area contributed by atoms with Gasteiger partial charge >= 0.3 is 5.97 Å². The van der Waals surface area contributed by atoms with Gasteiger partial charge < -0.3 is 10.0 Å². The lowest BCUT2D eigenvalue weighted by Gasteiger charge is -2.39. The van der Waals surface area contributed by atoms with Gasteiger partial charge in [-0.25, -0.2) is 0 Å². The Hall–Kier alpha value is -1.36. The van der Waals surface area contributed by atoms with Crippen LogP contribution in [0.3, 0.4) is 0 Å². The SMILES string of the molecule is O=C(O)CC1CN(c2ccc(Cl)nn2)C1. The maximum absolute atomic E-state index is 10.4. The zero-order valence-electron chi connectivity index (χ0n) is 7.93. The van der Waals surface area contributed by atoms with Gasteiger partial charge in [-0.15, -0.1) is 10.2 Å². The van der Waals surface area contributed by atoms with Gasteiger partial charge in [0.05, 0.1) is 6.42 Å². The van der Waals surface area contributed by atoms with Gasteiger partial charge in [0.15, 0.2) is 11.0 Å². The van der Waals surface area contributed by atoms with E-state index in [1.54, 1.807) is 12.1 Å². The zero-order valence-corrected chi connectivity index (χ0v) is 8.68. The molecule has 1 aromatic rings. The molecule has 1 aliphatic heterocycles. The second-order valence-electron chi connectivity index (χ2n) is 3.58. The highest BCUT2D eigenvalue weighted by Crippen LogP contribution is 2.24. The Morgan fingerprint density at radius 3 is 2.80 bits per heavy atom. The average molecular weight is 228 g/mol. The van der Waals surface area contributed by atoms with Crippen molar-refractivity contribution in [1.29, 1.82) is 0 Å². The van der Waals surface area contributed by atoms with E-state index in [9.17, 15) is 4.79 Å². The molecule has 80 valence electrons. The minimum atomic E-state index is -0.748. The summed E-state index contributed by atoms with van der Waals surface area (Å²) in [5, 5.41) is 16.6. The van der Waals surface area contributed by atoms with Gasteiger partial charge in [-0.2, -0.15) is 0 Å². The highest BCUT2D eigenvalue weighted by Gasteiger charge is 2.29. The van der Waals surface area contributed by atoms with Gasteiger partial charge in [0, 0.05) is 19.0 Å². The van der Waals surface area contributed by atoms with Gasteiger partial charge in [0.1, 0.15) is 0 Å². The van der Waals surface area contributed by atoms with Crippen molar-refractivity contribution < 1.29 is 9.90 Å². The molecule has 0 aliphatic carbocycles. The Kier molecular flexibility index (Phi) is 2.73. The Bertz CT molecular complexity index is 362. The molecule has 0 radical (unpaired) electrons. The third kappa shape index (κ3) is 2.36. The molecule has 0 spiro atoms. The van der Waals surface area contributed by atoms with Gasteiger partial charge in [0.2, 0.25) is 0 Å². The Morgan fingerprint density at radius 2 is 2.27 bits per heavy atom. The lowest BCUT2D eigenvalue weighted by atomic mass is 9.96. The summed E-state index contributed by atoms with van der Waals surface area (Å²) in [6.45, 7) is 1.45. The van der Waals surface area contributed by atoms with Crippen LogP contribution in [-0.4, -0.2) is 34.4 Å². The quantitative estimate of drug-likeness (QED) is 0.836. The molecule has 1 aliphatic rings. The largest absolute Gasteiger partial charge is 0.481 e. The molecule has 15 heavy (non-hydrogen) atoms. The fourth-order valence-corrected chi connectivity index (χ4v) is 1.71. The van der Waals surface area contributed by atoms with Gasteiger partial charge in [-0.1, -0.05) is 11.6 Å². The number of rotatable bonds is 3. The third-order valence-corrected chi connectivity index (χ3v) is 2.56. The molecular weight excluding hydrogens is 218 g/mol. The predicted octanol–water partition coefficient (Wildman–Crippen LogP) is 1.04. The van der Waals surface area contributed by atoms with Crippen LogP contribution in [0.2, 0.25) is 5.15 Å². The summed E-state index contributed by atoms with van der Waals surface area (Å²) in [4.78, 5) is 12.4. The van der Waals surface area contributed by atoms with Crippen LogP contribution in [0, 0.1) is 5.92 Å². The van der Waals surface area contributed by atoms with E-state index in [0.29, 0.717) is 5.15 Å². The molecule has 1 N–H and O–H groups in total. The van der Waals surface area contributed by atoms with Crippen LogP contribution in [0.15, 0.2) is 12.1 Å². The van der Waals surface area contributed by atoms with E-state index in [-0.39, 0.29) is 12.3 Å². The van der Waals surface area contributed by atoms with Crippen LogP contribution in [0.5, 0.6) is 0 Å². The van der Waals surface area contributed by atoms with Crippen molar-refractivity contribution >= 4 is 23.4 Å². The van der Waals surface area contributed by atoms with Crippen molar-refractivity contribution in [2.24, 2.45) is 5.92 Å². The molecule has 0 aromatic carbocycles. The summed E-state index contributed by atoms with van der Waals surface area (Å²) < 4.78 is 0. The normalized spacial score (nSPS) is 16.2. The Balaban J connectivity index is 1.89. The standard InChI is InChI=1S/C9H10ClN3O2/c10-7-1-2-8(12-11-7)13-4-6(5-13)3-9(14)15/h1-2,6H,3-5H2,(H,14,15). The molecule has 6 heteroatoms.